The first kappa shape index (κ1) is 10.9. The summed E-state index contributed by atoms with van der Waals surface area (Å²) in [6.07, 6.45) is 2.46. The molecule has 1 amide bonds. The van der Waals surface area contributed by atoms with Crippen LogP contribution in [0.5, 0.6) is 0 Å². The molecular weight excluding hydrogens is 192 g/mol. The molecule has 2 fully saturated rings. The van der Waals surface area contributed by atoms with Crippen LogP contribution in [0.4, 0.5) is 0 Å². The van der Waals surface area contributed by atoms with E-state index in [9.17, 15) is 4.79 Å². The van der Waals surface area contributed by atoms with Gasteiger partial charge in [-0.1, -0.05) is 0 Å². The summed E-state index contributed by atoms with van der Waals surface area (Å²) in [5.41, 5.74) is 5.37. The second kappa shape index (κ2) is 3.19. The van der Waals surface area contributed by atoms with Crippen molar-refractivity contribution in [2.24, 2.45) is 11.7 Å². The van der Waals surface area contributed by atoms with Crippen LogP contribution < -0.4 is 5.73 Å². The molecule has 0 aromatic heterocycles. The monoisotopic (exact) mass is 212 g/mol. The number of carbonyl (C=O) groups excluding carboxylic acids is 1. The largest absolute Gasteiger partial charge is 0.369 e. The van der Waals surface area contributed by atoms with Crippen molar-refractivity contribution < 1.29 is 9.53 Å². The number of methoxy groups -OCH3 is 1. The van der Waals surface area contributed by atoms with Gasteiger partial charge in [0.2, 0.25) is 0 Å². The number of nitrogens with zero attached hydrogens (tertiary/aromatic N) is 1. The van der Waals surface area contributed by atoms with Gasteiger partial charge in [-0.15, -0.1) is 0 Å². The third kappa shape index (κ3) is 1.76. The quantitative estimate of drug-likeness (QED) is 0.735. The van der Waals surface area contributed by atoms with Crippen molar-refractivity contribution in [3.8, 4) is 0 Å². The summed E-state index contributed by atoms with van der Waals surface area (Å²) in [5, 5.41) is 0. The van der Waals surface area contributed by atoms with Crippen molar-refractivity contribution in [1.29, 1.82) is 0 Å². The fourth-order valence-corrected chi connectivity index (χ4v) is 2.19. The zero-order valence-corrected chi connectivity index (χ0v) is 9.75. The van der Waals surface area contributed by atoms with Crippen molar-refractivity contribution in [1.82, 2.24) is 4.90 Å². The Bertz CT molecular complexity index is 278. The molecule has 1 heterocycles. The summed E-state index contributed by atoms with van der Waals surface area (Å²) < 4.78 is 5.17. The molecule has 1 saturated carbocycles. The Morgan fingerprint density at radius 1 is 1.47 bits per heavy atom. The number of hydrogen-bond donors (Lipinski definition) is 1. The first-order chi connectivity index (χ1) is 6.89. The van der Waals surface area contributed by atoms with E-state index in [0.29, 0.717) is 19.0 Å². The van der Waals surface area contributed by atoms with Gasteiger partial charge in [-0.05, 0) is 32.6 Å². The van der Waals surface area contributed by atoms with E-state index in [1.165, 1.54) is 12.8 Å². The highest BCUT2D eigenvalue weighted by Crippen LogP contribution is 2.43. The highest BCUT2D eigenvalue weighted by atomic mass is 16.5. The van der Waals surface area contributed by atoms with Crippen LogP contribution in [0.2, 0.25) is 0 Å². The van der Waals surface area contributed by atoms with E-state index in [0.717, 1.165) is 0 Å². The molecule has 2 aliphatic rings. The Balaban J connectivity index is 1.91. The smallest absolute Gasteiger partial charge is 0.254 e. The SMILES string of the molecule is COC(C)(C)C(=O)N1CC(N)(C2CC2)C1. The summed E-state index contributed by atoms with van der Waals surface area (Å²) in [6.45, 7) is 4.98. The maximum Gasteiger partial charge on any atom is 0.254 e. The van der Waals surface area contributed by atoms with Gasteiger partial charge in [-0.3, -0.25) is 4.79 Å². The van der Waals surface area contributed by atoms with Gasteiger partial charge >= 0.3 is 0 Å². The predicted molar refractivity (Wildman–Crippen MR) is 57.3 cm³/mol. The number of nitrogens with two attached hydrogens (primary N) is 1. The normalized spacial score (nSPS) is 24.9. The molecule has 1 aliphatic carbocycles. The van der Waals surface area contributed by atoms with Gasteiger partial charge in [0, 0.05) is 20.2 Å². The summed E-state index contributed by atoms with van der Waals surface area (Å²) in [4.78, 5) is 13.8. The zero-order chi connectivity index (χ0) is 11.3. The number of ether oxygens (including phenoxy) is 1. The lowest BCUT2D eigenvalue weighted by atomic mass is 9.84. The first-order valence-electron chi connectivity index (χ1n) is 5.52. The van der Waals surface area contributed by atoms with Crippen LogP contribution in [0, 0.1) is 5.92 Å². The van der Waals surface area contributed by atoms with Crippen molar-refractivity contribution >= 4 is 5.91 Å². The van der Waals surface area contributed by atoms with Crippen LogP contribution in [0.3, 0.4) is 0 Å². The van der Waals surface area contributed by atoms with E-state index in [4.69, 9.17) is 10.5 Å². The van der Waals surface area contributed by atoms with Crippen LogP contribution >= 0.6 is 0 Å². The molecule has 0 bridgehead atoms. The van der Waals surface area contributed by atoms with Gasteiger partial charge in [0.1, 0.15) is 5.60 Å². The van der Waals surface area contributed by atoms with E-state index in [2.05, 4.69) is 0 Å². The molecule has 0 unspecified atom stereocenters. The zero-order valence-electron chi connectivity index (χ0n) is 9.75. The predicted octanol–water partition coefficient (Wildman–Crippen LogP) is 0.361. The Labute approximate surface area is 90.8 Å². The molecule has 0 atom stereocenters. The standard InChI is InChI=1S/C11H20N2O2/c1-10(2,15-3)9(14)13-6-11(12,7-13)8-4-5-8/h8H,4-7,12H2,1-3H3. The molecule has 86 valence electrons. The average molecular weight is 212 g/mol. The van der Waals surface area contributed by atoms with Gasteiger partial charge in [0.25, 0.3) is 5.91 Å². The second-order valence-corrected chi connectivity index (χ2v) is 5.38. The maximum atomic E-state index is 12.0. The minimum atomic E-state index is -0.717. The number of likely N-dealkylation sites (tertiary alicyclic amines) is 1. The van der Waals surface area contributed by atoms with Crippen LogP contribution in [0.25, 0.3) is 0 Å². The van der Waals surface area contributed by atoms with E-state index in [1.807, 2.05) is 4.90 Å². The summed E-state index contributed by atoms with van der Waals surface area (Å²) in [5.74, 6) is 0.693. The molecule has 4 heteroatoms. The molecule has 0 radical (unpaired) electrons. The summed E-state index contributed by atoms with van der Waals surface area (Å²) in [7, 11) is 1.56. The lowest BCUT2D eigenvalue weighted by Crippen LogP contribution is -2.72. The number of amides is 1. The van der Waals surface area contributed by atoms with Gasteiger partial charge < -0.3 is 15.4 Å². The molecule has 1 saturated heterocycles. The first-order valence-corrected chi connectivity index (χ1v) is 5.52. The van der Waals surface area contributed by atoms with E-state index in [-0.39, 0.29) is 11.4 Å². The number of rotatable bonds is 3. The second-order valence-electron chi connectivity index (χ2n) is 5.38. The third-order valence-corrected chi connectivity index (χ3v) is 3.67. The van der Waals surface area contributed by atoms with Crippen LogP contribution in [-0.4, -0.2) is 42.1 Å². The van der Waals surface area contributed by atoms with Crippen LogP contribution in [0.15, 0.2) is 0 Å². The minimum absolute atomic E-state index is 0.0479. The Hall–Kier alpha value is -0.610. The molecule has 0 aromatic rings. The van der Waals surface area contributed by atoms with Crippen molar-refractivity contribution in [2.75, 3.05) is 20.2 Å². The van der Waals surface area contributed by atoms with E-state index >= 15 is 0 Å². The van der Waals surface area contributed by atoms with Crippen molar-refractivity contribution in [3.63, 3.8) is 0 Å². The topological polar surface area (TPSA) is 55.6 Å². The van der Waals surface area contributed by atoms with Crippen LogP contribution in [-0.2, 0) is 9.53 Å². The van der Waals surface area contributed by atoms with E-state index in [1.54, 1.807) is 21.0 Å². The van der Waals surface area contributed by atoms with Gasteiger partial charge in [-0.2, -0.15) is 0 Å². The maximum absolute atomic E-state index is 12.0. The molecule has 0 spiro atoms. The number of hydrogen-bond acceptors (Lipinski definition) is 3. The molecule has 0 aromatic carbocycles. The molecule has 2 N–H and O–H groups in total. The molecule has 1 aliphatic heterocycles. The van der Waals surface area contributed by atoms with Crippen molar-refractivity contribution in [2.45, 2.75) is 37.8 Å². The van der Waals surface area contributed by atoms with E-state index < -0.39 is 5.60 Å². The Morgan fingerprint density at radius 2 is 2.00 bits per heavy atom. The highest BCUT2D eigenvalue weighted by Gasteiger charge is 2.53. The fourth-order valence-electron chi connectivity index (χ4n) is 2.19. The minimum Gasteiger partial charge on any atom is -0.369 e. The average Bonchev–Trinajstić information content (AvgIpc) is 2.94. The summed E-state index contributed by atoms with van der Waals surface area (Å²) in [6, 6.07) is 0. The fraction of sp³-hybridized carbons (Fsp3) is 0.909. The van der Waals surface area contributed by atoms with Gasteiger partial charge in [0.05, 0.1) is 5.54 Å². The highest BCUT2D eigenvalue weighted by molar-refractivity contribution is 5.85. The summed E-state index contributed by atoms with van der Waals surface area (Å²) >= 11 is 0. The molecule has 15 heavy (non-hydrogen) atoms. The van der Waals surface area contributed by atoms with Gasteiger partial charge in [0.15, 0.2) is 0 Å². The molecular formula is C11H20N2O2. The Kier molecular flexibility index (Phi) is 2.32. The van der Waals surface area contributed by atoms with Gasteiger partial charge in [-0.25, -0.2) is 0 Å². The number of carbonyl (C=O) groups is 1. The molecule has 2 rings (SSSR count). The lowest BCUT2D eigenvalue weighted by molar-refractivity contribution is -0.159. The Morgan fingerprint density at radius 3 is 2.40 bits per heavy atom. The van der Waals surface area contributed by atoms with Crippen molar-refractivity contribution in [3.05, 3.63) is 0 Å². The van der Waals surface area contributed by atoms with Crippen LogP contribution in [0.1, 0.15) is 26.7 Å². The molecule has 4 nitrogen and oxygen atoms in total. The lowest BCUT2D eigenvalue weighted by Gasteiger charge is -2.50. The third-order valence-electron chi connectivity index (χ3n) is 3.67.